The number of nitrogens with zero attached hydrogens (tertiary/aromatic N) is 2. The van der Waals surface area contributed by atoms with Crippen LogP contribution in [0.4, 0.5) is 5.82 Å². The smallest absolute Gasteiger partial charge is 0.144 e. The fraction of sp³-hybridized carbons (Fsp3) is 0.600. The number of rotatable bonds is 5. The minimum atomic E-state index is 0.178. The molecule has 1 unspecified atom stereocenters. The van der Waals surface area contributed by atoms with E-state index in [0.29, 0.717) is 5.92 Å². The molecule has 0 spiro atoms. The van der Waals surface area contributed by atoms with E-state index in [1.807, 2.05) is 0 Å². The molecule has 78 valence electrons. The van der Waals surface area contributed by atoms with Gasteiger partial charge < -0.3 is 11.1 Å². The third kappa shape index (κ3) is 4.18. The molecule has 1 atom stereocenters. The molecular weight excluding hydrogens is 176 g/mol. The van der Waals surface area contributed by atoms with Crippen LogP contribution < -0.4 is 11.1 Å². The van der Waals surface area contributed by atoms with Crippen LogP contribution in [0.3, 0.4) is 0 Å². The zero-order chi connectivity index (χ0) is 10.4. The minimum Gasteiger partial charge on any atom is -0.367 e. The first-order chi connectivity index (χ1) is 6.68. The summed E-state index contributed by atoms with van der Waals surface area (Å²) in [5.74, 6) is 1.42. The summed E-state index contributed by atoms with van der Waals surface area (Å²) in [6.07, 6.45) is 6.03. The molecule has 0 aliphatic heterocycles. The first-order valence-electron chi connectivity index (χ1n) is 4.94. The van der Waals surface area contributed by atoms with Gasteiger partial charge in [-0.05, 0) is 12.3 Å². The summed E-state index contributed by atoms with van der Waals surface area (Å²) in [5.41, 5.74) is 5.91. The lowest BCUT2D eigenvalue weighted by Crippen LogP contribution is -2.30. The van der Waals surface area contributed by atoms with E-state index in [2.05, 4.69) is 29.1 Å². The van der Waals surface area contributed by atoms with Gasteiger partial charge in [-0.1, -0.05) is 13.8 Å². The number of nitrogens with two attached hydrogens (primary N) is 1. The lowest BCUT2D eigenvalue weighted by Gasteiger charge is -2.14. The second-order valence-corrected chi connectivity index (χ2v) is 3.86. The summed E-state index contributed by atoms with van der Waals surface area (Å²) in [5, 5.41) is 3.15. The van der Waals surface area contributed by atoms with E-state index < -0.39 is 0 Å². The standard InChI is InChI=1S/C10H18N4/c1-8(2)5-9(11)6-14-10-7-12-3-4-13-10/h3-4,7-9H,5-6,11H2,1-2H3,(H,13,14). The van der Waals surface area contributed by atoms with E-state index in [9.17, 15) is 0 Å². The average molecular weight is 194 g/mol. The van der Waals surface area contributed by atoms with Gasteiger partial charge in [-0.3, -0.25) is 4.98 Å². The minimum absolute atomic E-state index is 0.178. The molecular formula is C10H18N4. The van der Waals surface area contributed by atoms with Gasteiger partial charge in [-0.25, -0.2) is 4.98 Å². The Morgan fingerprint density at radius 1 is 1.43 bits per heavy atom. The molecule has 0 aliphatic rings. The van der Waals surface area contributed by atoms with Gasteiger partial charge in [0.15, 0.2) is 0 Å². The Morgan fingerprint density at radius 3 is 2.79 bits per heavy atom. The fourth-order valence-electron chi connectivity index (χ4n) is 1.31. The third-order valence-electron chi connectivity index (χ3n) is 1.88. The Kier molecular flexibility index (Phi) is 4.32. The Labute approximate surface area is 85.0 Å². The van der Waals surface area contributed by atoms with E-state index >= 15 is 0 Å². The lowest BCUT2D eigenvalue weighted by molar-refractivity contribution is 0.508. The molecule has 4 nitrogen and oxygen atoms in total. The van der Waals surface area contributed by atoms with Crippen LogP contribution in [0.25, 0.3) is 0 Å². The van der Waals surface area contributed by atoms with Gasteiger partial charge >= 0.3 is 0 Å². The van der Waals surface area contributed by atoms with E-state index in [1.165, 1.54) is 0 Å². The zero-order valence-corrected chi connectivity index (χ0v) is 8.77. The Balaban J connectivity index is 2.27. The Morgan fingerprint density at radius 2 is 2.21 bits per heavy atom. The summed E-state index contributed by atoms with van der Waals surface area (Å²) in [6, 6.07) is 0.178. The molecule has 0 amide bonds. The number of hydrogen-bond acceptors (Lipinski definition) is 4. The molecule has 0 radical (unpaired) electrons. The van der Waals surface area contributed by atoms with Crippen LogP contribution in [-0.2, 0) is 0 Å². The molecule has 14 heavy (non-hydrogen) atoms. The first-order valence-corrected chi connectivity index (χ1v) is 4.94. The van der Waals surface area contributed by atoms with Gasteiger partial charge in [0.1, 0.15) is 5.82 Å². The van der Waals surface area contributed by atoms with Crippen molar-refractivity contribution in [1.82, 2.24) is 9.97 Å². The van der Waals surface area contributed by atoms with E-state index in [-0.39, 0.29) is 6.04 Å². The van der Waals surface area contributed by atoms with Gasteiger partial charge in [0.25, 0.3) is 0 Å². The highest BCUT2D eigenvalue weighted by atomic mass is 15.0. The highest BCUT2D eigenvalue weighted by Gasteiger charge is 2.04. The van der Waals surface area contributed by atoms with Gasteiger partial charge in [-0.15, -0.1) is 0 Å². The molecule has 0 aromatic carbocycles. The van der Waals surface area contributed by atoms with Crippen molar-refractivity contribution in [2.75, 3.05) is 11.9 Å². The number of nitrogens with one attached hydrogen (secondary N) is 1. The van der Waals surface area contributed by atoms with Crippen LogP contribution in [0.15, 0.2) is 18.6 Å². The van der Waals surface area contributed by atoms with Crippen LogP contribution in [-0.4, -0.2) is 22.6 Å². The molecule has 0 bridgehead atoms. The molecule has 0 saturated carbocycles. The van der Waals surface area contributed by atoms with Crippen molar-refractivity contribution in [2.45, 2.75) is 26.3 Å². The monoisotopic (exact) mass is 194 g/mol. The second-order valence-electron chi connectivity index (χ2n) is 3.86. The molecule has 0 fully saturated rings. The molecule has 0 aliphatic carbocycles. The predicted molar refractivity (Wildman–Crippen MR) is 58.0 cm³/mol. The van der Waals surface area contributed by atoms with Crippen LogP contribution in [0.2, 0.25) is 0 Å². The molecule has 4 heteroatoms. The van der Waals surface area contributed by atoms with E-state index in [1.54, 1.807) is 18.6 Å². The summed E-state index contributed by atoms with van der Waals surface area (Å²) in [7, 11) is 0. The number of hydrogen-bond donors (Lipinski definition) is 2. The summed E-state index contributed by atoms with van der Waals surface area (Å²) >= 11 is 0. The SMILES string of the molecule is CC(C)CC(N)CNc1cnccn1. The number of anilines is 1. The van der Waals surface area contributed by atoms with Gasteiger partial charge in [0.05, 0.1) is 6.20 Å². The number of aromatic nitrogens is 2. The van der Waals surface area contributed by atoms with Crippen molar-refractivity contribution in [3.63, 3.8) is 0 Å². The van der Waals surface area contributed by atoms with Crippen molar-refractivity contribution in [3.8, 4) is 0 Å². The molecule has 1 aromatic heterocycles. The Bertz CT molecular complexity index is 248. The third-order valence-corrected chi connectivity index (χ3v) is 1.88. The maximum Gasteiger partial charge on any atom is 0.144 e. The quantitative estimate of drug-likeness (QED) is 0.740. The van der Waals surface area contributed by atoms with E-state index in [0.717, 1.165) is 18.8 Å². The zero-order valence-electron chi connectivity index (χ0n) is 8.77. The molecule has 1 aromatic rings. The fourth-order valence-corrected chi connectivity index (χ4v) is 1.31. The van der Waals surface area contributed by atoms with Gasteiger partial charge in [0.2, 0.25) is 0 Å². The summed E-state index contributed by atoms with van der Waals surface area (Å²) in [6.45, 7) is 5.08. The van der Waals surface area contributed by atoms with Gasteiger partial charge in [0, 0.05) is 25.0 Å². The van der Waals surface area contributed by atoms with Crippen LogP contribution in [0.5, 0.6) is 0 Å². The molecule has 0 saturated heterocycles. The van der Waals surface area contributed by atoms with Crippen molar-refractivity contribution in [1.29, 1.82) is 0 Å². The van der Waals surface area contributed by atoms with Crippen molar-refractivity contribution in [2.24, 2.45) is 11.7 Å². The van der Waals surface area contributed by atoms with Crippen molar-refractivity contribution in [3.05, 3.63) is 18.6 Å². The Hall–Kier alpha value is -1.16. The maximum absolute atomic E-state index is 5.91. The second kappa shape index (κ2) is 5.54. The van der Waals surface area contributed by atoms with Crippen molar-refractivity contribution >= 4 is 5.82 Å². The van der Waals surface area contributed by atoms with E-state index in [4.69, 9.17) is 5.73 Å². The molecule has 3 N–H and O–H groups in total. The van der Waals surface area contributed by atoms with Crippen LogP contribution in [0.1, 0.15) is 20.3 Å². The lowest BCUT2D eigenvalue weighted by atomic mass is 10.0. The highest BCUT2D eigenvalue weighted by Crippen LogP contribution is 2.03. The van der Waals surface area contributed by atoms with Gasteiger partial charge in [-0.2, -0.15) is 0 Å². The molecule has 1 rings (SSSR count). The first kappa shape index (κ1) is 10.9. The van der Waals surface area contributed by atoms with Crippen LogP contribution >= 0.6 is 0 Å². The molecule has 1 heterocycles. The summed E-state index contributed by atoms with van der Waals surface area (Å²) < 4.78 is 0. The average Bonchev–Trinajstić information content (AvgIpc) is 2.15. The highest BCUT2D eigenvalue weighted by molar-refractivity contribution is 5.29. The maximum atomic E-state index is 5.91. The topological polar surface area (TPSA) is 63.8 Å². The largest absolute Gasteiger partial charge is 0.367 e. The predicted octanol–water partition coefficient (Wildman–Crippen LogP) is 1.26. The van der Waals surface area contributed by atoms with Crippen LogP contribution in [0, 0.1) is 5.92 Å². The van der Waals surface area contributed by atoms with Crippen molar-refractivity contribution < 1.29 is 0 Å². The normalized spacial score (nSPS) is 12.9. The summed E-state index contributed by atoms with van der Waals surface area (Å²) in [4.78, 5) is 8.06.